The van der Waals surface area contributed by atoms with Crippen molar-refractivity contribution in [2.24, 2.45) is 0 Å². The molecule has 1 rings (SSSR count). The smallest absolute Gasteiger partial charge is 0.234 e. The van der Waals surface area contributed by atoms with Crippen molar-refractivity contribution in [3.8, 4) is 0 Å². The van der Waals surface area contributed by atoms with Crippen LogP contribution in [0.25, 0.3) is 0 Å². The van der Waals surface area contributed by atoms with Crippen LogP contribution in [0.5, 0.6) is 0 Å². The molecule has 4 nitrogen and oxygen atoms in total. The first-order valence-electron chi connectivity index (χ1n) is 4.52. The first-order chi connectivity index (χ1) is 5.83. The Hall–Kier alpha value is -0.610. The van der Waals surface area contributed by atoms with Gasteiger partial charge in [-0.15, -0.1) is 0 Å². The van der Waals surface area contributed by atoms with Crippen LogP contribution in [0.3, 0.4) is 0 Å². The fraction of sp³-hybridized carbons (Fsp3) is 0.875. The van der Waals surface area contributed by atoms with Gasteiger partial charge in [-0.3, -0.25) is 9.69 Å². The van der Waals surface area contributed by atoms with Crippen LogP contribution in [0, 0.1) is 0 Å². The molecule has 1 heterocycles. The Labute approximate surface area is 73.3 Å². The van der Waals surface area contributed by atoms with Gasteiger partial charge in [0.2, 0.25) is 5.91 Å². The van der Waals surface area contributed by atoms with E-state index < -0.39 is 0 Å². The minimum atomic E-state index is 0.151. The molecule has 2 N–H and O–H groups in total. The lowest BCUT2D eigenvalue weighted by molar-refractivity contribution is -0.124. The molecule has 1 aliphatic heterocycles. The number of likely N-dealkylation sites (N-methyl/N-ethyl adjacent to an activating group) is 1. The molecule has 1 saturated heterocycles. The highest BCUT2D eigenvalue weighted by Crippen LogP contribution is 1.90. The van der Waals surface area contributed by atoms with Gasteiger partial charge in [0.05, 0.1) is 6.54 Å². The Morgan fingerprint density at radius 1 is 1.67 bits per heavy atom. The van der Waals surface area contributed by atoms with Crippen molar-refractivity contribution < 1.29 is 4.79 Å². The van der Waals surface area contributed by atoms with Crippen molar-refractivity contribution in [2.45, 2.75) is 6.92 Å². The van der Waals surface area contributed by atoms with Crippen molar-refractivity contribution in [1.82, 2.24) is 15.5 Å². The molecule has 0 spiro atoms. The highest BCUT2D eigenvalue weighted by atomic mass is 16.2. The van der Waals surface area contributed by atoms with E-state index in [2.05, 4.69) is 22.5 Å². The zero-order valence-electron chi connectivity index (χ0n) is 7.60. The number of hydrogen-bond acceptors (Lipinski definition) is 3. The monoisotopic (exact) mass is 171 g/mol. The van der Waals surface area contributed by atoms with Crippen LogP contribution in [0.4, 0.5) is 0 Å². The van der Waals surface area contributed by atoms with Crippen LogP contribution in [0.2, 0.25) is 0 Å². The van der Waals surface area contributed by atoms with Gasteiger partial charge in [-0.2, -0.15) is 0 Å². The number of piperazine rings is 1. The number of carbonyl (C=O) groups is 1. The Kier molecular flexibility index (Phi) is 4.04. The van der Waals surface area contributed by atoms with Crippen LogP contribution in [0.15, 0.2) is 0 Å². The number of nitrogens with zero attached hydrogens (tertiary/aromatic N) is 1. The van der Waals surface area contributed by atoms with Gasteiger partial charge in [0.1, 0.15) is 0 Å². The van der Waals surface area contributed by atoms with E-state index in [1.165, 1.54) is 0 Å². The van der Waals surface area contributed by atoms with Crippen LogP contribution >= 0.6 is 0 Å². The van der Waals surface area contributed by atoms with E-state index >= 15 is 0 Å². The molecular formula is C8H17N3O. The van der Waals surface area contributed by atoms with Crippen molar-refractivity contribution in [3.63, 3.8) is 0 Å². The lowest BCUT2D eigenvalue weighted by Crippen LogP contribution is -2.49. The van der Waals surface area contributed by atoms with Gasteiger partial charge < -0.3 is 10.6 Å². The molecule has 0 aromatic heterocycles. The number of rotatable bonds is 4. The summed E-state index contributed by atoms with van der Waals surface area (Å²) in [7, 11) is 0. The molecule has 0 aromatic carbocycles. The summed E-state index contributed by atoms with van der Waals surface area (Å²) >= 11 is 0. The third-order valence-corrected chi connectivity index (χ3v) is 1.97. The van der Waals surface area contributed by atoms with E-state index in [4.69, 9.17) is 0 Å². The maximum absolute atomic E-state index is 10.9. The first kappa shape index (κ1) is 9.48. The molecule has 0 radical (unpaired) electrons. The zero-order chi connectivity index (χ0) is 8.81. The van der Waals surface area contributed by atoms with Crippen LogP contribution in [-0.4, -0.2) is 50.1 Å². The predicted octanol–water partition coefficient (Wildman–Crippen LogP) is -0.972. The third kappa shape index (κ3) is 3.19. The topological polar surface area (TPSA) is 44.4 Å². The maximum Gasteiger partial charge on any atom is 0.234 e. The second kappa shape index (κ2) is 5.11. The molecule has 4 heteroatoms. The van der Waals surface area contributed by atoms with Gasteiger partial charge in [0, 0.05) is 26.2 Å². The van der Waals surface area contributed by atoms with Gasteiger partial charge in [0.15, 0.2) is 0 Å². The predicted molar refractivity (Wildman–Crippen MR) is 48.0 cm³/mol. The SMILES string of the molecule is CCNCCN1CCNC(=O)C1. The van der Waals surface area contributed by atoms with Crippen molar-refractivity contribution in [1.29, 1.82) is 0 Å². The number of hydrogen-bond donors (Lipinski definition) is 2. The summed E-state index contributed by atoms with van der Waals surface area (Å²) in [6.45, 7) is 7.38. The minimum absolute atomic E-state index is 0.151. The van der Waals surface area contributed by atoms with E-state index in [0.717, 1.165) is 32.7 Å². The molecule has 0 aromatic rings. The second-order valence-corrected chi connectivity index (χ2v) is 2.98. The summed E-state index contributed by atoms with van der Waals surface area (Å²) in [5.41, 5.74) is 0. The molecule has 0 saturated carbocycles. The Bertz CT molecular complexity index is 149. The Morgan fingerprint density at radius 3 is 3.17 bits per heavy atom. The largest absolute Gasteiger partial charge is 0.354 e. The minimum Gasteiger partial charge on any atom is -0.354 e. The van der Waals surface area contributed by atoms with Crippen molar-refractivity contribution in [3.05, 3.63) is 0 Å². The number of amides is 1. The zero-order valence-corrected chi connectivity index (χ0v) is 7.60. The fourth-order valence-electron chi connectivity index (χ4n) is 1.30. The van der Waals surface area contributed by atoms with Gasteiger partial charge >= 0.3 is 0 Å². The standard InChI is InChI=1S/C8H17N3O/c1-2-9-3-5-11-6-4-10-8(12)7-11/h9H,2-7H2,1H3,(H,10,12). The normalized spacial score (nSPS) is 19.2. The van der Waals surface area contributed by atoms with Gasteiger partial charge in [-0.1, -0.05) is 6.92 Å². The number of nitrogens with one attached hydrogen (secondary N) is 2. The molecule has 12 heavy (non-hydrogen) atoms. The van der Waals surface area contributed by atoms with E-state index in [9.17, 15) is 4.79 Å². The van der Waals surface area contributed by atoms with E-state index in [1.54, 1.807) is 0 Å². The summed E-state index contributed by atoms with van der Waals surface area (Å²) in [4.78, 5) is 13.1. The molecule has 1 amide bonds. The molecule has 1 aliphatic rings. The molecular weight excluding hydrogens is 154 g/mol. The lowest BCUT2D eigenvalue weighted by Gasteiger charge is -2.26. The quantitative estimate of drug-likeness (QED) is 0.535. The summed E-state index contributed by atoms with van der Waals surface area (Å²) in [5.74, 6) is 0.151. The molecule has 0 atom stereocenters. The molecule has 0 unspecified atom stereocenters. The molecule has 1 fully saturated rings. The highest BCUT2D eigenvalue weighted by Gasteiger charge is 2.14. The summed E-state index contributed by atoms with van der Waals surface area (Å²) < 4.78 is 0. The van der Waals surface area contributed by atoms with Crippen LogP contribution in [-0.2, 0) is 4.79 Å². The van der Waals surface area contributed by atoms with Gasteiger partial charge in [-0.25, -0.2) is 0 Å². The molecule has 0 bridgehead atoms. The summed E-state index contributed by atoms with van der Waals surface area (Å²) in [6.07, 6.45) is 0. The average Bonchev–Trinajstić information content (AvgIpc) is 2.05. The molecule has 70 valence electrons. The Balaban J connectivity index is 2.10. The average molecular weight is 171 g/mol. The first-order valence-corrected chi connectivity index (χ1v) is 4.52. The molecule has 0 aliphatic carbocycles. The van der Waals surface area contributed by atoms with Gasteiger partial charge in [-0.05, 0) is 6.54 Å². The van der Waals surface area contributed by atoms with Crippen LogP contribution < -0.4 is 10.6 Å². The fourth-order valence-corrected chi connectivity index (χ4v) is 1.30. The maximum atomic E-state index is 10.9. The summed E-state index contributed by atoms with van der Waals surface area (Å²) in [6, 6.07) is 0. The van der Waals surface area contributed by atoms with Crippen LogP contribution in [0.1, 0.15) is 6.92 Å². The highest BCUT2D eigenvalue weighted by molar-refractivity contribution is 5.78. The third-order valence-electron chi connectivity index (χ3n) is 1.97. The van der Waals surface area contributed by atoms with E-state index in [-0.39, 0.29) is 5.91 Å². The van der Waals surface area contributed by atoms with Gasteiger partial charge in [0.25, 0.3) is 0 Å². The van der Waals surface area contributed by atoms with E-state index in [0.29, 0.717) is 6.54 Å². The van der Waals surface area contributed by atoms with Crippen molar-refractivity contribution >= 4 is 5.91 Å². The second-order valence-electron chi connectivity index (χ2n) is 2.98. The lowest BCUT2D eigenvalue weighted by atomic mass is 10.3. The van der Waals surface area contributed by atoms with E-state index in [1.807, 2.05) is 0 Å². The van der Waals surface area contributed by atoms with Crippen molar-refractivity contribution in [2.75, 3.05) is 39.3 Å². The number of carbonyl (C=O) groups excluding carboxylic acids is 1. The summed E-state index contributed by atoms with van der Waals surface area (Å²) in [5, 5.41) is 6.04. The Morgan fingerprint density at radius 2 is 2.50 bits per heavy atom.